The number of nitrogens with one attached hydrogen (secondary N) is 1. The molecule has 5 heterocycles. The van der Waals surface area contributed by atoms with Crippen molar-refractivity contribution in [2.24, 2.45) is 0 Å². The lowest BCUT2D eigenvalue weighted by Crippen LogP contribution is -2.54. The zero-order valence-corrected chi connectivity index (χ0v) is 30.1. The third-order valence-corrected chi connectivity index (χ3v) is 10.4. The highest BCUT2D eigenvalue weighted by atomic mass is 16.6. The van der Waals surface area contributed by atoms with Crippen LogP contribution in [0.2, 0.25) is 0 Å². The first-order valence-electron chi connectivity index (χ1n) is 18.1. The molecule has 0 radical (unpaired) electrons. The zero-order valence-electron chi connectivity index (χ0n) is 30.1. The van der Waals surface area contributed by atoms with Crippen molar-refractivity contribution < 1.29 is 14.6 Å². The van der Waals surface area contributed by atoms with Gasteiger partial charge in [-0.25, -0.2) is 24.1 Å². The summed E-state index contributed by atoms with van der Waals surface area (Å²) in [5.41, 5.74) is 2.40. The van der Waals surface area contributed by atoms with Gasteiger partial charge in [-0.1, -0.05) is 19.1 Å². The van der Waals surface area contributed by atoms with Crippen LogP contribution in [-0.2, 0) is 23.3 Å². The van der Waals surface area contributed by atoms with E-state index in [-0.39, 0.29) is 18.2 Å². The number of amides is 1. The molecular weight excluding hydrogens is 646 g/mol. The first kappa shape index (κ1) is 34.7. The van der Waals surface area contributed by atoms with Crippen LogP contribution in [0.4, 0.5) is 22.1 Å². The summed E-state index contributed by atoms with van der Waals surface area (Å²) in [7, 11) is 0. The summed E-state index contributed by atoms with van der Waals surface area (Å²) < 4.78 is 8.82. The van der Waals surface area contributed by atoms with Crippen molar-refractivity contribution in [3.8, 4) is 5.82 Å². The molecule has 2 aliphatic heterocycles. The Morgan fingerprint density at radius 2 is 1.78 bits per heavy atom. The number of aliphatic hydroxyl groups is 1. The molecule has 0 spiro atoms. The number of nitrogens with zero attached hydrogens (tertiary/aromatic N) is 8. The number of hydrogen-bond acceptors (Lipinski definition) is 10. The van der Waals surface area contributed by atoms with Gasteiger partial charge in [0.1, 0.15) is 16.6 Å². The molecule has 0 saturated carbocycles. The summed E-state index contributed by atoms with van der Waals surface area (Å²) in [5.74, 6) is 0.870. The minimum Gasteiger partial charge on any atom is -0.444 e. The van der Waals surface area contributed by atoms with Crippen LogP contribution in [0.1, 0.15) is 64.6 Å². The lowest BCUT2D eigenvalue weighted by Gasteiger charge is -2.43. The lowest BCUT2D eigenvalue weighted by atomic mass is 9.98. The minimum atomic E-state index is -0.984. The van der Waals surface area contributed by atoms with E-state index < -0.39 is 11.2 Å². The van der Waals surface area contributed by atoms with Gasteiger partial charge >= 0.3 is 6.09 Å². The average molecular weight is 696 g/mol. The van der Waals surface area contributed by atoms with E-state index in [2.05, 4.69) is 38.8 Å². The Morgan fingerprint density at radius 1 is 1.06 bits per heavy atom. The highest BCUT2D eigenvalue weighted by Gasteiger charge is 2.37. The van der Waals surface area contributed by atoms with Gasteiger partial charge in [0, 0.05) is 62.9 Å². The number of aryl methyl sites for hydroxylation is 1. The van der Waals surface area contributed by atoms with E-state index in [1.807, 2.05) is 56.9 Å². The smallest absolute Gasteiger partial charge is 0.410 e. The molecule has 3 aromatic heterocycles. The van der Waals surface area contributed by atoms with Gasteiger partial charge in [0.25, 0.3) is 5.56 Å². The summed E-state index contributed by atoms with van der Waals surface area (Å²) in [5, 5.41) is 14.9. The van der Waals surface area contributed by atoms with Gasteiger partial charge in [-0.3, -0.25) is 9.69 Å². The van der Waals surface area contributed by atoms with Crippen molar-refractivity contribution in [3.63, 3.8) is 0 Å². The number of ether oxygens (including phenoxy) is 1. The Labute approximate surface area is 298 Å². The highest BCUT2D eigenvalue weighted by molar-refractivity contribution is 5.77. The molecule has 0 unspecified atom stereocenters. The number of hydrogen-bond donors (Lipinski definition) is 2. The number of fused-ring (bicyclic) bond motifs is 2. The highest BCUT2D eigenvalue weighted by Crippen LogP contribution is 2.38. The number of carbonyl (C=O) groups is 1. The third-order valence-electron chi connectivity index (χ3n) is 10.4. The number of piperidine rings is 1. The van der Waals surface area contributed by atoms with E-state index in [9.17, 15) is 14.7 Å². The van der Waals surface area contributed by atoms with Crippen molar-refractivity contribution >= 4 is 34.4 Å². The van der Waals surface area contributed by atoms with Gasteiger partial charge in [-0.2, -0.15) is 4.98 Å². The maximum Gasteiger partial charge on any atom is 0.410 e. The Hall–Kier alpha value is -4.75. The predicted molar refractivity (Wildman–Crippen MR) is 198 cm³/mol. The van der Waals surface area contributed by atoms with E-state index >= 15 is 0 Å². The average Bonchev–Trinajstić information content (AvgIpc) is 3.60. The molecule has 1 aliphatic carbocycles. The van der Waals surface area contributed by atoms with Gasteiger partial charge < -0.3 is 25.0 Å². The molecule has 4 aromatic rings. The predicted octanol–water partition coefficient (Wildman–Crippen LogP) is 4.97. The molecule has 7 rings (SSSR count). The van der Waals surface area contributed by atoms with E-state index in [1.165, 1.54) is 0 Å². The third kappa shape index (κ3) is 6.96. The van der Waals surface area contributed by atoms with Crippen LogP contribution in [0.25, 0.3) is 16.9 Å². The van der Waals surface area contributed by atoms with Gasteiger partial charge in [-0.05, 0) is 88.8 Å². The number of anilines is 3. The standard InChI is InChI=1S/C38H49N9O4/c1-6-18-46-34(48)30-25-39-35(42-33(30)47(46)31-13-8-26-14-17-38(50,7-2)32(26)41-31)40-27-9-11-28(12-10-27)43-21-23-44(24-22-43)29-15-19-45(20-16-29)36(49)51-37(3,4)5/h6,8-13,25,29,50H,1,7,14-24H2,2-5H3,(H,39,40,42)/t38-/m1/s1. The largest absolute Gasteiger partial charge is 0.444 e. The number of piperazine rings is 1. The quantitative estimate of drug-likeness (QED) is 0.244. The van der Waals surface area contributed by atoms with Gasteiger partial charge in [0.2, 0.25) is 5.95 Å². The normalized spacial score (nSPS) is 20.1. The molecule has 2 saturated heterocycles. The Morgan fingerprint density at radius 3 is 2.45 bits per heavy atom. The summed E-state index contributed by atoms with van der Waals surface area (Å²) in [6, 6.07) is 12.6. The number of benzene rings is 1. The summed E-state index contributed by atoms with van der Waals surface area (Å²) in [4.78, 5) is 46.9. The van der Waals surface area contributed by atoms with Crippen molar-refractivity contribution in [2.45, 2.75) is 83.6 Å². The monoisotopic (exact) mass is 695 g/mol. The maximum atomic E-state index is 13.5. The molecule has 2 fully saturated rings. The molecule has 0 bridgehead atoms. The van der Waals surface area contributed by atoms with E-state index in [1.54, 1.807) is 21.6 Å². The van der Waals surface area contributed by atoms with E-state index in [0.717, 1.165) is 75.5 Å². The van der Waals surface area contributed by atoms with E-state index in [4.69, 9.17) is 14.7 Å². The second-order valence-electron chi connectivity index (χ2n) is 14.9. The number of carbonyl (C=O) groups excluding carboxylic acids is 1. The van der Waals surface area contributed by atoms with Crippen LogP contribution in [-0.4, -0.2) is 96.2 Å². The number of likely N-dealkylation sites (tertiary alicyclic amines) is 1. The van der Waals surface area contributed by atoms with Crippen LogP contribution in [0.15, 0.2) is 60.0 Å². The van der Waals surface area contributed by atoms with E-state index in [0.29, 0.717) is 47.4 Å². The Bertz CT molecular complexity index is 1970. The Balaban J connectivity index is 1.02. The number of pyridine rings is 1. The van der Waals surface area contributed by atoms with Crippen molar-refractivity contribution in [2.75, 3.05) is 49.5 Å². The van der Waals surface area contributed by atoms with Gasteiger partial charge in [0.15, 0.2) is 11.5 Å². The maximum absolute atomic E-state index is 13.5. The van der Waals surface area contributed by atoms with Crippen LogP contribution in [0.3, 0.4) is 0 Å². The molecule has 1 amide bonds. The van der Waals surface area contributed by atoms with Gasteiger partial charge in [-0.15, -0.1) is 6.58 Å². The minimum absolute atomic E-state index is 0.211. The molecular formula is C38H49N9O4. The van der Waals surface area contributed by atoms with Gasteiger partial charge in [0.05, 0.1) is 12.2 Å². The molecule has 13 nitrogen and oxygen atoms in total. The van der Waals surface area contributed by atoms with Crippen LogP contribution in [0.5, 0.6) is 0 Å². The SMILES string of the molecule is C=CCn1c(=O)c2cnc(Nc3ccc(N4CCN(C5CCN(C(=O)OC(C)(C)C)CC5)CC4)cc3)nc2n1-c1ccc2c(n1)[C@@](O)(CC)CC2. The second kappa shape index (κ2) is 13.8. The second-order valence-corrected chi connectivity index (χ2v) is 14.9. The molecule has 3 aliphatic rings. The van der Waals surface area contributed by atoms with Crippen LogP contribution >= 0.6 is 0 Å². The fraction of sp³-hybridized carbons (Fsp3) is 0.500. The summed E-state index contributed by atoms with van der Waals surface area (Å²) >= 11 is 0. The number of rotatable bonds is 8. The van der Waals surface area contributed by atoms with Crippen LogP contribution < -0.4 is 15.8 Å². The van der Waals surface area contributed by atoms with Crippen LogP contribution in [0, 0.1) is 0 Å². The fourth-order valence-corrected chi connectivity index (χ4v) is 7.58. The first-order valence-corrected chi connectivity index (χ1v) is 18.1. The van der Waals surface area contributed by atoms with Crippen molar-refractivity contribution in [1.29, 1.82) is 0 Å². The topological polar surface area (TPSA) is 134 Å². The molecule has 13 heteroatoms. The molecule has 1 atom stereocenters. The fourth-order valence-electron chi connectivity index (χ4n) is 7.58. The number of aromatic nitrogens is 5. The summed E-state index contributed by atoms with van der Waals surface area (Å²) in [6.07, 6.45) is 6.89. The lowest BCUT2D eigenvalue weighted by molar-refractivity contribution is 0.0139. The first-order chi connectivity index (χ1) is 24.5. The van der Waals surface area contributed by atoms with Crippen molar-refractivity contribution in [1.82, 2.24) is 34.1 Å². The molecule has 51 heavy (non-hydrogen) atoms. The molecule has 2 N–H and O–H groups in total. The summed E-state index contributed by atoms with van der Waals surface area (Å²) in [6.45, 7) is 17.1. The Kier molecular flexibility index (Phi) is 9.36. The zero-order chi connectivity index (χ0) is 35.9. The molecule has 270 valence electrons. The molecule has 1 aromatic carbocycles. The van der Waals surface area contributed by atoms with Crippen molar-refractivity contribution in [3.05, 3.63) is 76.9 Å². The number of allylic oxidation sites excluding steroid dienone is 1.